The largest absolute Gasteiger partial charge is 0.494 e. The third kappa shape index (κ3) is 6.53. The maximum absolute atomic E-state index is 13.9. The predicted molar refractivity (Wildman–Crippen MR) is 152 cm³/mol. The minimum Gasteiger partial charge on any atom is -0.494 e. The van der Waals surface area contributed by atoms with Gasteiger partial charge in [-0.2, -0.15) is 0 Å². The summed E-state index contributed by atoms with van der Waals surface area (Å²) < 4.78 is 48.5. The van der Waals surface area contributed by atoms with Crippen LogP contribution in [0.15, 0.2) is 49.1 Å². The summed E-state index contributed by atoms with van der Waals surface area (Å²) >= 11 is 0. The molecule has 2 N–H and O–H groups in total. The molecule has 4 aromatic rings. The van der Waals surface area contributed by atoms with Crippen LogP contribution in [-0.2, 0) is 19.6 Å². The number of aliphatic hydroxyl groups is 1. The monoisotopic (exact) mass is 597 g/mol. The number of aliphatic hydroxyl groups excluding tert-OH is 1. The number of rotatable bonds is 13. The fraction of sp³-hybridized carbons (Fsp3) is 0.333. The van der Waals surface area contributed by atoms with Gasteiger partial charge in [0.05, 0.1) is 14.2 Å². The molecule has 4 rings (SSSR count). The number of ether oxygens (including phenoxy) is 3. The summed E-state index contributed by atoms with van der Waals surface area (Å²) in [4.78, 5) is 24.5. The van der Waals surface area contributed by atoms with Crippen LogP contribution < -0.4 is 14.2 Å². The van der Waals surface area contributed by atoms with E-state index in [0.29, 0.717) is 22.7 Å². The van der Waals surface area contributed by atoms with Gasteiger partial charge in [-0.25, -0.2) is 18.4 Å². The van der Waals surface area contributed by atoms with Crippen LogP contribution in [0.4, 0.5) is 5.95 Å². The van der Waals surface area contributed by atoms with Gasteiger partial charge in [0.15, 0.2) is 17.4 Å². The normalized spacial score (nSPS) is 12.9. The van der Waals surface area contributed by atoms with Crippen molar-refractivity contribution >= 4 is 21.8 Å². The third-order valence-corrected chi connectivity index (χ3v) is 7.92. The van der Waals surface area contributed by atoms with Crippen LogP contribution in [0.3, 0.4) is 0 Å². The molecule has 0 fully saturated rings. The van der Waals surface area contributed by atoms with Gasteiger partial charge < -0.3 is 19.3 Å². The van der Waals surface area contributed by atoms with E-state index in [0.717, 1.165) is 11.1 Å². The SMILES string of the molecule is COc1cccc(OC)c1-n1c(NS(=O)(=O)[C@@H](C)[C@H](OCC(=O)CO)c2ncc(C)cn2)nnc1-c1cncc(C)c1. The Labute approximate surface area is 242 Å². The van der Waals surface area contributed by atoms with E-state index in [1.807, 2.05) is 13.0 Å². The van der Waals surface area contributed by atoms with Crippen molar-refractivity contribution in [2.24, 2.45) is 0 Å². The molecule has 0 radical (unpaired) electrons. The molecule has 0 bridgehead atoms. The number of Topliss-reactive ketones (excluding diaryl/α,β-unsaturated/α-hetero) is 1. The number of carbonyl (C=O) groups excluding carboxylic acids is 1. The van der Waals surface area contributed by atoms with Gasteiger partial charge in [-0.3, -0.25) is 19.1 Å². The van der Waals surface area contributed by atoms with Crippen LogP contribution in [-0.4, -0.2) is 81.7 Å². The van der Waals surface area contributed by atoms with Crippen LogP contribution in [0.2, 0.25) is 0 Å². The number of nitrogens with one attached hydrogen (secondary N) is 1. The van der Waals surface area contributed by atoms with Crippen molar-refractivity contribution in [1.82, 2.24) is 29.7 Å². The van der Waals surface area contributed by atoms with Crippen LogP contribution in [0.25, 0.3) is 17.1 Å². The van der Waals surface area contributed by atoms with Crippen LogP contribution in [0.5, 0.6) is 11.5 Å². The second-order valence-corrected chi connectivity index (χ2v) is 11.4. The van der Waals surface area contributed by atoms with Gasteiger partial charge in [0.25, 0.3) is 0 Å². The number of pyridine rings is 1. The Bertz CT molecular complexity index is 1640. The number of para-hydroxylation sites is 1. The fourth-order valence-electron chi connectivity index (χ4n) is 4.06. The Kier molecular flexibility index (Phi) is 9.45. The Morgan fingerprint density at radius 2 is 1.69 bits per heavy atom. The first-order chi connectivity index (χ1) is 20.1. The highest BCUT2D eigenvalue weighted by Crippen LogP contribution is 2.38. The maximum atomic E-state index is 13.9. The summed E-state index contributed by atoms with van der Waals surface area (Å²) in [6, 6.07) is 6.93. The minimum atomic E-state index is -4.32. The lowest BCUT2D eigenvalue weighted by atomic mass is 10.2. The molecule has 222 valence electrons. The van der Waals surface area contributed by atoms with Gasteiger partial charge in [-0.15, -0.1) is 10.2 Å². The number of ketones is 1. The second kappa shape index (κ2) is 13.0. The molecule has 3 heterocycles. The van der Waals surface area contributed by atoms with E-state index in [1.165, 1.54) is 38.1 Å². The molecule has 0 aliphatic heterocycles. The van der Waals surface area contributed by atoms with Crippen molar-refractivity contribution in [1.29, 1.82) is 0 Å². The first-order valence-electron chi connectivity index (χ1n) is 12.7. The number of nitrogens with zero attached hydrogens (tertiary/aromatic N) is 6. The van der Waals surface area contributed by atoms with Gasteiger partial charge >= 0.3 is 0 Å². The highest BCUT2D eigenvalue weighted by Gasteiger charge is 2.36. The molecule has 15 heteroatoms. The highest BCUT2D eigenvalue weighted by atomic mass is 32.2. The molecule has 14 nitrogen and oxygen atoms in total. The quantitative estimate of drug-likeness (QED) is 0.230. The van der Waals surface area contributed by atoms with E-state index in [1.54, 1.807) is 37.5 Å². The number of anilines is 1. The molecular formula is C27H31N7O7S. The first kappa shape index (κ1) is 30.5. The summed E-state index contributed by atoms with van der Waals surface area (Å²) in [5.74, 6) is 0.231. The van der Waals surface area contributed by atoms with Crippen molar-refractivity contribution in [3.05, 3.63) is 66.0 Å². The van der Waals surface area contributed by atoms with Crippen molar-refractivity contribution in [3.63, 3.8) is 0 Å². The molecule has 2 atom stereocenters. The lowest BCUT2D eigenvalue weighted by Gasteiger charge is -2.24. The van der Waals surface area contributed by atoms with E-state index >= 15 is 0 Å². The molecule has 0 aliphatic carbocycles. The molecule has 0 spiro atoms. The standard InChI is InChI=1S/C27H31N7O7S/c1-16-9-19(13-28-10-16)26-31-32-27(34(26)23-21(39-4)7-6-8-22(23)40-5)33-42(37,38)18(3)24(41-15-20(36)14-35)25-29-11-17(2)12-30-25/h6-13,18,24,35H,14-15H2,1-5H3,(H,32,33)/t18-,24-/m0/s1. The number of aryl methyl sites for hydroxylation is 2. The molecule has 3 aromatic heterocycles. The molecule has 0 saturated carbocycles. The number of aromatic nitrogens is 6. The average molecular weight is 598 g/mol. The van der Waals surface area contributed by atoms with Crippen molar-refractivity contribution in [2.45, 2.75) is 32.1 Å². The summed E-state index contributed by atoms with van der Waals surface area (Å²) in [5, 5.41) is 16.3. The fourth-order valence-corrected chi connectivity index (χ4v) is 5.16. The Hall–Kier alpha value is -4.47. The minimum absolute atomic E-state index is 0.0450. The molecule has 0 unspecified atom stereocenters. The van der Waals surface area contributed by atoms with E-state index in [2.05, 4.69) is 29.9 Å². The molecule has 0 saturated heterocycles. The van der Waals surface area contributed by atoms with Crippen molar-refractivity contribution in [2.75, 3.05) is 32.2 Å². The van der Waals surface area contributed by atoms with Gasteiger partial charge in [0.1, 0.15) is 41.8 Å². The number of methoxy groups -OCH3 is 2. The summed E-state index contributed by atoms with van der Waals surface area (Å²) in [6.07, 6.45) is 5.00. The number of sulfonamides is 1. The average Bonchev–Trinajstić information content (AvgIpc) is 3.39. The van der Waals surface area contributed by atoms with Crippen LogP contribution in [0, 0.1) is 13.8 Å². The van der Waals surface area contributed by atoms with E-state index in [-0.39, 0.29) is 17.6 Å². The van der Waals surface area contributed by atoms with Crippen molar-refractivity contribution < 1.29 is 32.5 Å². The number of carbonyl (C=O) groups is 1. The summed E-state index contributed by atoms with van der Waals surface area (Å²) in [6.45, 7) is 3.71. The summed E-state index contributed by atoms with van der Waals surface area (Å²) in [7, 11) is -1.38. The smallest absolute Gasteiger partial charge is 0.243 e. The first-order valence-corrected chi connectivity index (χ1v) is 14.3. The van der Waals surface area contributed by atoms with Crippen molar-refractivity contribution in [3.8, 4) is 28.6 Å². The van der Waals surface area contributed by atoms with E-state index in [9.17, 15) is 13.2 Å². The van der Waals surface area contributed by atoms with Gasteiger partial charge in [-0.05, 0) is 50.1 Å². The van der Waals surface area contributed by atoms with Gasteiger partial charge in [0.2, 0.25) is 16.0 Å². The number of hydrogen-bond donors (Lipinski definition) is 2. The Morgan fingerprint density at radius 1 is 1.02 bits per heavy atom. The number of hydrogen-bond acceptors (Lipinski definition) is 12. The maximum Gasteiger partial charge on any atom is 0.243 e. The topological polar surface area (TPSA) is 181 Å². The van der Waals surface area contributed by atoms with Gasteiger partial charge in [0, 0.05) is 30.4 Å². The molecule has 0 aliphatic rings. The Balaban J connectivity index is 1.82. The van der Waals surface area contributed by atoms with Gasteiger partial charge in [-0.1, -0.05) is 6.07 Å². The van der Waals surface area contributed by atoms with Crippen LogP contribution >= 0.6 is 0 Å². The lowest BCUT2D eigenvalue weighted by molar-refractivity contribution is -0.128. The van der Waals surface area contributed by atoms with E-state index in [4.69, 9.17) is 19.3 Å². The molecule has 0 amide bonds. The zero-order valence-corrected chi connectivity index (χ0v) is 24.5. The second-order valence-electron chi connectivity index (χ2n) is 9.34. The van der Waals surface area contributed by atoms with E-state index < -0.39 is 40.4 Å². The number of benzene rings is 1. The Morgan fingerprint density at radius 3 is 2.29 bits per heavy atom. The third-order valence-electron chi connectivity index (χ3n) is 6.23. The highest BCUT2D eigenvalue weighted by molar-refractivity contribution is 7.93. The zero-order chi connectivity index (χ0) is 30.4. The predicted octanol–water partition coefficient (Wildman–Crippen LogP) is 2.20. The molecule has 1 aromatic carbocycles. The molecular weight excluding hydrogens is 566 g/mol. The zero-order valence-electron chi connectivity index (χ0n) is 23.7. The lowest BCUT2D eigenvalue weighted by Crippen LogP contribution is -2.35. The molecule has 42 heavy (non-hydrogen) atoms. The van der Waals surface area contributed by atoms with Crippen LogP contribution in [0.1, 0.15) is 30.0 Å². The summed E-state index contributed by atoms with van der Waals surface area (Å²) in [5.41, 5.74) is 2.50.